The topological polar surface area (TPSA) is 38.0 Å². The molecule has 0 aromatic heterocycles. The molecule has 0 aliphatic rings. The van der Waals surface area contributed by atoms with Gasteiger partial charge in [-0.25, -0.2) is 13.2 Å². The maximum absolute atomic E-state index is 13.5. The monoisotopic (exact) mass is 316 g/mol. The van der Waals surface area contributed by atoms with Crippen LogP contribution in [0.15, 0.2) is 34.8 Å². The number of rotatable bonds is 2. The first-order valence-corrected chi connectivity index (χ1v) is 5.74. The van der Waals surface area contributed by atoms with Crippen LogP contribution in [-0.2, 0) is 0 Å². The molecule has 0 atom stereocenters. The highest BCUT2D eigenvalue weighted by Gasteiger charge is 2.10. The van der Waals surface area contributed by atoms with Crippen LogP contribution in [0.2, 0.25) is 0 Å². The lowest BCUT2D eigenvalue weighted by Gasteiger charge is -2.11. The average Bonchev–Trinajstić information content (AvgIpc) is 2.32. The highest BCUT2D eigenvalue weighted by atomic mass is 79.9. The fraction of sp³-hybridized carbons (Fsp3) is 0. The third-order valence-corrected chi connectivity index (χ3v) is 2.94. The van der Waals surface area contributed by atoms with Crippen molar-refractivity contribution in [3.63, 3.8) is 0 Å². The molecule has 0 heterocycles. The summed E-state index contributed by atoms with van der Waals surface area (Å²) in [5.74, 6) is -2.12. The Bertz CT molecular complexity index is 602. The summed E-state index contributed by atoms with van der Waals surface area (Å²) in [6, 6.07) is 6.06. The first-order chi connectivity index (χ1) is 8.49. The molecule has 18 heavy (non-hydrogen) atoms. The highest BCUT2D eigenvalue weighted by molar-refractivity contribution is 9.10. The minimum atomic E-state index is -0.792. The largest absolute Gasteiger partial charge is 0.395 e. The molecule has 0 radical (unpaired) electrons. The van der Waals surface area contributed by atoms with E-state index in [1.165, 1.54) is 24.3 Å². The molecule has 0 unspecified atom stereocenters. The fourth-order valence-corrected chi connectivity index (χ4v) is 1.75. The smallest absolute Gasteiger partial charge is 0.149 e. The van der Waals surface area contributed by atoms with E-state index in [9.17, 15) is 13.2 Å². The van der Waals surface area contributed by atoms with Gasteiger partial charge in [0.1, 0.15) is 17.5 Å². The predicted octanol–water partition coefficient (Wildman–Crippen LogP) is 4.19. The van der Waals surface area contributed by atoms with Gasteiger partial charge in [0, 0.05) is 6.07 Å². The Morgan fingerprint density at radius 2 is 1.67 bits per heavy atom. The summed E-state index contributed by atoms with van der Waals surface area (Å²) in [5.41, 5.74) is 5.59. The SMILES string of the molecule is Nc1c(F)cccc1Nc1cc(Br)c(F)cc1F. The maximum Gasteiger partial charge on any atom is 0.149 e. The zero-order valence-electron chi connectivity index (χ0n) is 8.98. The van der Waals surface area contributed by atoms with Crippen LogP contribution in [0, 0.1) is 17.5 Å². The summed E-state index contributed by atoms with van der Waals surface area (Å²) in [5, 5.41) is 2.61. The lowest BCUT2D eigenvalue weighted by atomic mass is 10.2. The van der Waals surface area contributed by atoms with Gasteiger partial charge in [-0.1, -0.05) is 6.07 Å². The summed E-state index contributed by atoms with van der Waals surface area (Å²) >= 11 is 2.94. The number of hydrogen-bond donors (Lipinski definition) is 2. The Labute approximate surface area is 110 Å². The van der Waals surface area contributed by atoms with E-state index in [0.29, 0.717) is 0 Å². The molecule has 0 aliphatic heterocycles. The second-order valence-electron chi connectivity index (χ2n) is 3.57. The van der Waals surface area contributed by atoms with E-state index in [-0.39, 0.29) is 21.5 Å². The lowest BCUT2D eigenvalue weighted by molar-refractivity contribution is 0.581. The Kier molecular flexibility index (Phi) is 3.47. The number of hydrogen-bond acceptors (Lipinski definition) is 2. The van der Waals surface area contributed by atoms with Gasteiger partial charge in [-0.2, -0.15) is 0 Å². The Morgan fingerprint density at radius 1 is 0.944 bits per heavy atom. The van der Waals surface area contributed by atoms with Gasteiger partial charge in [0.05, 0.1) is 21.5 Å². The number of nitrogen functional groups attached to an aromatic ring is 1. The molecule has 0 aliphatic carbocycles. The Morgan fingerprint density at radius 3 is 2.39 bits per heavy atom. The van der Waals surface area contributed by atoms with Crippen LogP contribution < -0.4 is 11.1 Å². The van der Waals surface area contributed by atoms with Crippen molar-refractivity contribution in [3.8, 4) is 0 Å². The second kappa shape index (κ2) is 4.89. The molecule has 0 saturated carbocycles. The highest BCUT2D eigenvalue weighted by Crippen LogP contribution is 2.29. The number of para-hydroxylation sites is 1. The van der Waals surface area contributed by atoms with Crippen LogP contribution in [0.25, 0.3) is 0 Å². The Balaban J connectivity index is 2.40. The maximum atomic E-state index is 13.5. The zero-order valence-corrected chi connectivity index (χ0v) is 10.6. The standard InChI is InChI=1S/C12H8BrF3N2/c13-6-4-11(9(16)5-8(6)15)18-10-3-1-2-7(14)12(10)17/h1-5,18H,17H2. The van der Waals surface area contributed by atoms with Crippen molar-refractivity contribution < 1.29 is 13.2 Å². The van der Waals surface area contributed by atoms with Crippen LogP contribution >= 0.6 is 15.9 Å². The van der Waals surface area contributed by atoms with Gasteiger partial charge in [-0.05, 0) is 34.1 Å². The van der Waals surface area contributed by atoms with E-state index in [2.05, 4.69) is 21.2 Å². The van der Waals surface area contributed by atoms with Crippen molar-refractivity contribution >= 4 is 33.0 Å². The van der Waals surface area contributed by atoms with E-state index in [0.717, 1.165) is 6.07 Å². The molecule has 0 amide bonds. The van der Waals surface area contributed by atoms with Crippen molar-refractivity contribution in [2.24, 2.45) is 0 Å². The molecule has 0 saturated heterocycles. The van der Waals surface area contributed by atoms with Crippen molar-refractivity contribution in [2.45, 2.75) is 0 Å². The van der Waals surface area contributed by atoms with Crippen molar-refractivity contribution in [3.05, 3.63) is 52.3 Å². The number of benzene rings is 2. The third kappa shape index (κ3) is 2.43. The molecule has 2 aromatic rings. The van der Waals surface area contributed by atoms with Gasteiger partial charge in [0.2, 0.25) is 0 Å². The van der Waals surface area contributed by atoms with Crippen LogP contribution in [0.5, 0.6) is 0 Å². The van der Waals surface area contributed by atoms with E-state index >= 15 is 0 Å². The second-order valence-corrected chi connectivity index (χ2v) is 4.43. The number of halogens is 4. The molecule has 2 nitrogen and oxygen atoms in total. The van der Waals surface area contributed by atoms with Crippen LogP contribution in [0.4, 0.5) is 30.2 Å². The van der Waals surface area contributed by atoms with Crippen LogP contribution in [-0.4, -0.2) is 0 Å². The van der Waals surface area contributed by atoms with E-state index in [1.807, 2.05) is 0 Å². The lowest BCUT2D eigenvalue weighted by Crippen LogP contribution is -2.00. The predicted molar refractivity (Wildman–Crippen MR) is 68.2 cm³/mol. The number of anilines is 3. The minimum Gasteiger partial charge on any atom is -0.395 e. The van der Waals surface area contributed by atoms with Gasteiger partial charge in [-0.3, -0.25) is 0 Å². The summed E-state index contributed by atoms with van der Waals surface area (Å²) in [4.78, 5) is 0. The number of nitrogens with one attached hydrogen (secondary N) is 1. The van der Waals surface area contributed by atoms with Gasteiger partial charge >= 0.3 is 0 Å². The van der Waals surface area contributed by atoms with Crippen molar-refractivity contribution in [1.82, 2.24) is 0 Å². The van der Waals surface area contributed by atoms with Crippen LogP contribution in [0.3, 0.4) is 0 Å². The Hall–Kier alpha value is -1.69. The van der Waals surface area contributed by atoms with Gasteiger partial charge < -0.3 is 11.1 Å². The third-order valence-electron chi connectivity index (χ3n) is 2.33. The summed E-state index contributed by atoms with van der Waals surface area (Å²) in [6.45, 7) is 0. The van der Waals surface area contributed by atoms with Gasteiger partial charge in [0.15, 0.2) is 0 Å². The molecular formula is C12H8BrF3N2. The molecule has 0 spiro atoms. The minimum absolute atomic E-state index is 0.000532. The molecule has 3 N–H and O–H groups in total. The normalized spacial score (nSPS) is 10.4. The first-order valence-electron chi connectivity index (χ1n) is 4.94. The molecule has 94 valence electrons. The van der Waals surface area contributed by atoms with E-state index in [4.69, 9.17) is 5.73 Å². The average molecular weight is 317 g/mol. The van der Waals surface area contributed by atoms with Crippen molar-refractivity contribution in [2.75, 3.05) is 11.1 Å². The molecule has 2 aromatic carbocycles. The molecule has 6 heteroatoms. The summed E-state index contributed by atoms with van der Waals surface area (Å²) in [7, 11) is 0. The van der Waals surface area contributed by atoms with Crippen molar-refractivity contribution in [1.29, 1.82) is 0 Å². The zero-order chi connectivity index (χ0) is 13.3. The molecule has 2 rings (SSSR count). The van der Waals surface area contributed by atoms with Gasteiger partial charge in [0.25, 0.3) is 0 Å². The first kappa shape index (κ1) is 12.8. The van der Waals surface area contributed by atoms with E-state index in [1.54, 1.807) is 0 Å². The number of nitrogens with two attached hydrogens (primary N) is 1. The quantitative estimate of drug-likeness (QED) is 0.644. The molecular weight excluding hydrogens is 309 g/mol. The molecule has 0 bridgehead atoms. The summed E-state index contributed by atoms with van der Waals surface area (Å²) in [6.07, 6.45) is 0. The fourth-order valence-electron chi connectivity index (χ4n) is 1.41. The summed E-state index contributed by atoms with van der Waals surface area (Å²) < 4.78 is 39.8. The van der Waals surface area contributed by atoms with Gasteiger partial charge in [-0.15, -0.1) is 0 Å². The molecule has 0 fully saturated rings. The van der Waals surface area contributed by atoms with Crippen LogP contribution in [0.1, 0.15) is 0 Å². The van der Waals surface area contributed by atoms with E-state index < -0.39 is 17.5 Å².